The second-order valence-corrected chi connectivity index (χ2v) is 6.31. The van der Waals surface area contributed by atoms with Crippen molar-refractivity contribution in [3.05, 3.63) is 30.1 Å². The van der Waals surface area contributed by atoms with E-state index < -0.39 is 0 Å². The molecule has 4 rings (SSSR count). The van der Waals surface area contributed by atoms with Crippen LogP contribution in [-0.4, -0.2) is 28.7 Å². The van der Waals surface area contributed by atoms with Crippen molar-refractivity contribution in [2.45, 2.75) is 44.8 Å². The fraction of sp³-hybridized carbons (Fsp3) is 0.529. The van der Waals surface area contributed by atoms with E-state index in [1.165, 1.54) is 18.4 Å². The van der Waals surface area contributed by atoms with E-state index in [9.17, 15) is 0 Å². The van der Waals surface area contributed by atoms with Crippen LogP contribution in [0.25, 0.3) is 10.9 Å². The number of rotatable bonds is 3. The van der Waals surface area contributed by atoms with Crippen molar-refractivity contribution in [2.75, 3.05) is 11.9 Å². The van der Waals surface area contributed by atoms with Crippen molar-refractivity contribution in [3.8, 4) is 0 Å². The molecule has 1 N–H and O–H groups in total. The fourth-order valence-corrected chi connectivity index (χ4v) is 3.30. The van der Waals surface area contributed by atoms with Crippen molar-refractivity contribution in [1.82, 2.24) is 9.97 Å². The molecule has 1 aliphatic carbocycles. The third-order valence-corrected chi connectivity index (χ3v) is 4.67. The van der Waals surface area contributed by atoms with E-state index in [4.69, 9.17) is 4.74 Å². The molecule has 1 saturated heterocycles. The number of hydrogen-bond acceptors (Lipinski definition) is 4. The third-order valence-electron chi connectivity index (χ3n) is 4.67. The molecule has 2 fully saturated rings. The molecule has 110 valence electrons. The van der Waals surface area contributed by atoms with Crippen LogP contribution in [0.5, 0.6) is 0 Å². The zero-order valence-electron chi connectivity index (χ0n) is 12.4. The van der Waals surface area contributed by atoms with Gasteiger partial charge in [-0.25, -0.2) is 9.97 Å². The van der Waals surface area contributed by atoms with Crippen molar-refractivity contribution in [3.63, 3.8) is 0 Å². The highest BCUT2D eigenvalue weighted by Gasteiger charge is 2.35. The lowest BCUT2D eigenvalue weighted by atomic mass is 10.00. The number of aryl methyl sites for hydroxylation is 1. The Labute approximate surface area is 124 Å². The van der Waals surface area contributed by atoms with Crippen molar-refractivity contribution in [1.29, 1.82) is 0 Å². The fourth-order valence-electron chi connectivity index (χ4n) is 3.30. The molecule has 4 heteroatoms. The van der Waals surface area contributed by atoms with Crippen LogP contribution in [0.3, 0.4) is 0 Å². The molecule has 2 aromatic rings. The maximum absolute atomic E-state index is 5.90. The van der Waals surface area contributed by atoms with E-state index in [2.05, 4.69) is 40.4 Å². The van der Waals surface area contributed by atoms with Gasteiger partial charge in [0.2, 0.25) is 0 Å². The molecule has 0 bridgehead atoms. The Morgan fingerprint density at radius 2 is 2.10 bits per heavy atom. The lowest BCUT2D eigenvalue weighted by Crippen LogP contribution is -2.35. The molecule has 0 radical (unpaired) electrons. The summed E-state index contributed by atoms with van der Waals surface area (Å²) in [6.45, 7) is 2.96. The van der Waals surface area contributed by atoms with Gasteiger partial charge in [0.25, 0.3) is 0 Å². The van der Waals surface area contributed by atoms with E-state index in [1.807, 2.05) is 0 Å². The number of nitrogens with one attached hydrogen (secondary N) is 1. The smallest absolute Gasteiger partial charge is 0.137 e. The molecule has 0 amide bonds. The first-order valence-electron chi connectivity index (χ1n) is 7.90. The summed E-state index contributed by atoms with van der Waals surface area (Å²) in [7, 11) is 0. The first-order chi connectivity index (χ1) is 10.3. The third kappa shape index (κ3) is 2.60. The molecule has 1 aromatic heterocycles. The summed E-state index contributed by atoms with van der Waals surface area (Å²) < 4.78 is 5.90. The standard InChI is InChI=1S/C17H21N3O/c1-11-3-2-4-14-16(11)18-10-19-17(14)20-13-7-8-21-15(9-13)12-5-6-12/h2-4,10,12-13,15H,5-9H2,1H3,(H,18,19,20). The summed E-state index contributed by atoms with van der Waals surface area (Å²) in [5.74, 6) is 1.77. The number of para-hydroxylation sites is 1. The van der Waals surface area contributed by atoms with Crippen LogP contribution in [0.4, 0.5) is 5.82 Å². The Morgan fingerprint density at radius 3 is 2.95 bits per heavy atom. The molecule has 21 heavy (non-hydrogen) atoms. The zero-order valence-corrected chi connectivity index (χ0v) is 12.4. The maximum Gasteiger partial charge on any atom is 0.137 e. The van der Waals surface area contributed by atoms with Crippen LogP contribution in [0.15, 0.2) is 24.5 Å². The van der Waals surface area contributed by atoms with Crippen LogP contribution in [0.1, 0.15) is 31.2 Å². The van der Waals surface area contributed by atoms with Gasteiger partial charge >= 0.3 is 0 Å². The Balaban J connectivity index is 1.57. The zero-order chi connectivity index (χ0) is 14.2. The van der Waals surface area contributed by atoms with Crippen LogP contribution in [0.2, 0.25) is 0 Å². The van der Waals surface area contributed by atoms with E-state index in [0.717, 1.165) is 42.1 Å². The second-order valence-electron chi connectivity index (χ2n) is 6.31. The highest BCUT2D eigenvalue weighted by Crippen LogP contribution is 2.38. The highest BCUT2D eigenvalue weighted by atomic mass is 16.5. The molecular weight excluding hydrogens is 262 g/mol. The lowest BCUT2D eigenvalue weighted by molar-refractivity contribution is -0.00221. The van der Waals surface area contributed by atoms with Crippen molar-refractivity contribution in [2.24, 2.45) is 5.92 Å². The Kier molecular flexibility index (Phi) is 3.26. The first-order valence-corrected chi connectivity index (χ1v) is 7.90. The van der Waals surface area contributed by atoms with Gasteiger partial charge in [-0.1, -0.05) is 12.1 Å². The molecule has 2 aliphatic rings. The van der Waals surface area contributed by atoms with Gasteiger partial charge in [0.05, 0.1) is 11.6 Å². The van der Waals surface area contributed by atoms with Gasteiger partial charge in [-0.2, -0.15) is 0 Å². The van der Waals surface area contributed by atoms with E-state index in [0.29, 0.717) is 12.1 Å². The van der Waals surface area contributed by atoms with Gasteiger partial charge in [0.15, 0.2) is 0 Å². The highest BCUT2D eigenvalue weighted by molar-refractivity contribution is 5.90. The average molecular weight is 283 g/mol. The van der Waals surface area contributed by atoms with Crippen LogP contribution in [0, 0.1) is 12.8 Å². The van der Waals surface area contributed by atoms with E-state index >= 15 is 0 Å². The number of anilines is 1. The van der Waals surface area contributed by atoms with E-state index in [1.54, 1.807) is 6.33 Å². The maximum atomic E-state index is 5.90. The Morgan fingerprint density at radius 1 is 1.19 bits per heavy atom. The van der Waals surface area contributed by atoms with Gasteiger partial charge in [0, 0.05) is 18.0 Å². The molecule has 1 aliphatic heterocycles. The minimum Gasteiger partial charge on any atom is -0.378 e. The minimum absolute atomic E-state index is 0.450. The van der Waals surface area contributed by atoms with Crippen LogP contribution >= 0.6 is 0 Å². The number of ether oxygens (including phenoxy) is 1. The summed E-state index contributed by atoms with van der Waals surface area (Å²) in [6, 6.07) is 6.73. The van der Waals surface area contributed by atoms with Crippen LogP contribution < -0.4 is 5.32 Å². The predicted molar refractivity (Wildman–Crippen MR) is 83.4 cm³/mol. The van der Waals surface area contributed by atoms with Gasteiger partial charge in [-0.3, -0.25) is 0 Å². The number of hydrogen-bond donors (Lipinski definition) is 1. The van der Waals surface area contributed by atoms with Crippen LogP contribution in [-0.2, 0) is 4.74 Å². The quantitative estimate of drug-likeness (QED) is 0.939. The van der Waals surface area contributed by atoms with Gasteiger partial charge in [0.1, 0.15) is 12.1 Å². The second kappa shape index (κ2) is 5.26. The summed E-state index contributed by atoms with van der Waals surface area (Å²) in [5.41, 5.74) is 2.24. The average Bonchev–Trinajstić information content (AvgIpc) is 3.33. The summed E-state index contributed by atoms with van der Waals surface area (Å²) >= 11 is 0. The molecule has 2 heterocycles. The molecule has 1 saturated carbocycles. The monoisotopic (exact) mass is 283 g/mol. The largest absolute Gasteiger partial charge is 0.378 e. The van der Waals surface area contributed by atoms with Crippen molar-refractivity contribution < 1.29 is 4.74 Å². The predicted octanol–water partition coefficient (Wildman–Crippen LogP) is 3.31. The van der Waals surface area contributed by atoms with E-state index in [-0.39, 0.29) is 0 Å². The molecule has 1 aromatic carbocycles. The number of nitrogens with zero attached hydrogens (tertiary/aromatic N) is 2. The Hall–Kier alpha value is -1.68. The normalized spacial score (nSPS) is 26.0. The molecule has 2 atom stereocenters. The summed E-state index contributed by atoms with van der Waals surface area (Å²) in [4.78, 5) is 8.88. The molecule has 0 spiro atoms. The molecule has 2 unspecified atom stereocenters. The topological polar surface area (TPSA) is 47.0 Å². The van der Waals surface area contributed by atoms with Gasteiger partial charge < -0.3 is 10.1 Å². The minimum atomic E-state index is 0.450. The summed E-state index contributed by atoms with van der Waals surface area (Å²) in [6.07, 6.45) is 6.95. The van der Waals surface area contributed by atoms with Gasteiger partial charge in [-0.05, 0) is 50.2 Å². The Bertz CT molecular complexity index is 654. The SMILES string of the molecule is Cc1cccc2c(NC3CCOC(C4CC4)C3)ncnc12. The lowest BCUT2D eigenvalue weighted by Gasteiger charge is -2.30. The summed E-state index contributed by atoms with van der Waals surface area (Å²) in [5, 5.41) is 4.75. The van der Waals surface area contributed by atoms with Crippen molar-refractivity contribution >= 4 is 16.7 Å². The molecular formula is C17H21N3O. The molecule has 4 nitrogen and oxygen atoms in total. The number of aromatic nitrogens is 2. The number of fused-ring (bicyclic) bond motifs is 1. The van der Waals surface area contributed by atoms with Gasteiger partial charge in [-0.15, -0.1) is 0 Å². The first kappa shape index (κ1) is 13.0. The number of benzene rings is 1.